The SMILES string of the molecule is Cl.Cl.O=C(NCC1(CN2CCOCC2)CCCCC1)C1CCCNC1. The van der Waals surface area contributed by atoms with Crippen molar-refractivity contribution in [3.8, 4) is 0 Å². The minimum Gasteiger partial charge on any atom is -0.379 e. The highest BCUT2D eigenvalue weighted by atomic mass is 35.5. The van der Waals surface area contributed by atoms with Gasteiger partial charge in [-0.15, -0.1) is 24.8 Å². The Kier molecular flexibility index (Phi) is 10.7. The van der Waals surface area contributed by atoms with Crippen LogP contribution in [-0.2, 0) is 9.53 Å². The summed E-state index contributed by atoms with van der Waals surface area (Å²) in [5, 5.41) is 6.66. The van der Waals surface area contributed by atoms with E-state index in [1.54, 1.807) is 0 Å². The highest BCUT2D eigenvalue weighted by Crippen LogP contribution is 2.37. The summed E-state index contributed by atoms with van der Waals surface area (Å²) in [5.74, 6) is 0.442. The minimum atomic E-state index is 0. The highest BCUT2D eigenvalue weighted by Gasteiger charge is 2.35. The van der Waals surface area contributed by atoms with E-state index < -0.39 is 0 Å². The maximum atomic E-state index is 12.5. The number of halogens is 2. The molecule has 0 aromatic carbocycles. The first-order valence-corrected chi connectivity index (χ1v) is 9.56. The average Bonchev–Trinajstić information content (AvgIpc) is 2.62. The molecule has 3 aliphatic rings. The van der Waals surface area contributed by atoms with Crippen molar-refractivity contribution in [3.63, 3.8) is 0 Å². The number of nitrogens with one attached hydrogen (secondary N) is 2. The fourth-order valence-electron chi connectivity index (χ4n) is 4.42. The summed E-state index contributed by atoms with van der Waals surface area (Å²) in [5.41, 5.74) is 0.285. The van der Waals surface area contributed by atoms with E-state index in [1.165, 1.54) is 32.1 Å². The summed E-state index contributed by atoms with van der Waals surface area (Å²) < 4.78 is 5.48. The van der Waals surface area contributed by atoms with Crippen LogP contribution in [0.1, 0.15) is 44.9 Å². The first-order chi connectivity index (χ1) is 11.3. The Bertz CT molecular complexity index is 381. The quantitative estimate of drug-likeness (QED) is 0.749. The third-order valence-corrected chi connectivity index (χ3v) is 5.88. The van der Waals surface area contributed by atoms with E-state index >= 15 is 0 Å². The highest BCUT2D eigenvalue weighted by molar-refractivity contribution is 5.85. The molecule has 3 rings (SSSR count). The smallest absolute Gasteiger partial charge is 0.224 e. The lowest BCUT2D eigenvalue weighted by Crippen LogP contribution is -2.51. The number of rotatable bonds is 5. The molecule has 0 spiro atoms. The van der Waals surface area contributed by atoms with Crippen molar-refractivity contribution in [2.75, 3.05) is 52.5 Å². The summed E-state index contributed by atoms with van der Waals surface area (Å²) >= 11 is 0. The van der Waals surface area contributed by atoms with E-state index in [2.05, 4.69) is 15.5 Å². The number of morpholine rings is 1. The predicted octanol–water partition coefficient (Wildman–Crippen LogP) is 2.23. The third-order valence-electron chi connectivity index (χ3n) is 5.88. The summed E-state index contributed by atoms with van der Waals surface area (Å²) in [6.45, 7) is 7.70. The number of piperidine rings is 1. The van der Waals surface area contributed by atoms with Crippen LogP contribution in [0.5, 0.6) is 0 Å². The monoisotopic (exact) mass is 395 g/mol. The Morgan fingerprint density at radius 2 is 1.84 bits per heavy atom. The van der Waals surface area contributed by atoms with Crippen LogP contribution in [0.4, 0.5) is 0 Å². The second-order valence-corrected chi connectivity index (χ2v) is 7.71. The molecule has 0 radical (unpaired) electrons. The van der Waals surface area contributed by atoms with Gasteiger partial charge in [-0.2, -0.15) is 0 Å². The Morgan fingerprint density at radius 3 is 2.48 bits per heavy atom. The molecule has 2 aliphatic heterocycles. The van der Waals surface area contributed by atoms with Gasteiger partial charge in [0.1, 0.15) is 0 Å². The zero-order chi connectivity index (χ0) is 16.0. The van der Waals surface area contributed by atoms with Crippen molar-refractivity contribution in [1.82, 2.24) is 15.5 Å². The number of ether oxygens (including phenoxy) is 1. The maximum Gasteiger partial charge on any atom is 0.224 e. The fraction of sp³-hybridized carbons (Fsp3) is 0.944. The summed E-state index contributed by atoms with van der Waals surface area (Å²) in [4.78, 5) is 15.0. The van der Waals surface area contributed by atoms with Gasteiger partial charge >= 0.3 is 0 Å². The number of hydrogen-bond acceptors (Lipinski definition) is 4. The normalized spacial score (nSPS) is 26.8. The number of hydrogen-bond donors (Lipinski definition) is 2. The Hall–Kier alpha value is -0.0700. The van der Waals surface area contributed by atoms with Crippen molar-refractivity contribution in [1.29, 1.82) is 0 Å². The summed E-state index contributed by atoms with van der Waals surface area (Å²) in [6.07, 6.45) is 8.65. The van der Waals surface area contributed by atoms with Gasteiger partial charge in [0, 0.05) is 38.1 Å². The van der Waals surface area contributed by atoms with Gasteiger partial charge < -0.3 is 15.4 Å². The van der Waals surface area contributed by atoms with Gasteiger partial charge in [-0.25, -0.2) is 0 Å². The van der Waals surface area contributed by atoms with Crippen LogP contribution in [0.3, 0.4) is 0 Å². The maximum absolute atomic E-state index is 12.5. The largest absolute Gasteiger partial charge is 0.379 e. The molecule has 3 fully saturated rings. The molecule has 148 valence electrons. The molecule has 2 N–H and O–H groups in total. The third kappa shape index (κ3) is 6.87. The number of carbonyl (C=O) groups excluding carboxylic acids is 1. The molecule has 1 aliphatic carbocycles. The lowest BCUT2D eigenvalue weighted by atomic mass is 9.73. The molecule has 0 aromatic rings. The Labute approximate surface area is 164 Å². The minimum absolute atomic E-state index is 0. The molecule has 1 unspecified atom stereocenters. The molecule has 1 amide bonds. The van der Waals surface area contributed by atoms with E-state index in [4.69, 9.17) is 4.74 Å². The molecule has 2 saturated heterocycles. The molecule has 7 heteroatoms. The van der Waals surface area contributed by atoms with Crippen molar-refractivity contribution >= 4 is 30.7 Å². The zero-order valence-electron chi connectivity index (χ0n) is 15.3. The first kappa shape index (κ1) is 23.0. The zero-order valence-corrected chi connectivity index (χ0v) is 16.9. The van der Waals surface area contributed by atoms with Gasteiger partial charge in [-0.3, -0.25) is 9.69 Å². The van der Waals surface area contributed by atoms with Gasteiger partial charge in [-0.1, -0.05) is 19.3 Å². The topological polar surface area (TPSA) is 53.6 Å². The van der Waals surface area contributed by atoms with Crippen LogP contribution in [-0.4, -0.2) is 63.3 Å². The summed E-state index contributed by atoms with van der Waals surface area (Å²) in [7, 11) is 0. The van der Waals surface area contributed by atoms with Crippen LogP contribution < -0.4 is 10.6 Å². The fourth-order valence-corrected chi connectivity index (χ4v) is 4.42. The lowest BCUT2D eigenvalue weighted by molar-refractivity contribution is -0.126. The van der Waals surface area contributed by atoms with E-state index in [0.717, 1.165) is 65.3 Å². The molecule has 2 heterocycles. The number of amides is 1. The first-order valence-electron chi connectivity index (χ1n) is 9.56. The summed E-state index contributed by atoms with van der Waals surface area (Å²) in [6, 6.07) is 0. The van der Waals surface area contributed by atoms with E-state index in [-0.39, 0.29) is 42.1 Å². The van der Waals surface area contributed by atoms with Crippen molar-refractivity contribution in [2.24, 2.45) is 11.3 Å². The van der Waals surface area contributed by atoms with Gasteiger partial charge in [0.05, 0.1) is 19.1 Å². The number of nitrogens with zero attached hydrogens (tertiary/aromatic N) is 1. The molecule has 1 saturated carbocycles. The van der Waals surface area contributed by atoms with Gasteiger partial charge in [0.15, 0.2) is 0 Å². The van der Waals surface area contributed by atoms with Crippen molar-refractivity contribution in [3.05, 3.63) is 0 Å². The second-order valence-electron chi connectivity index (χ2n) is 7.71. The van der Waals surface area contributed by atoms with E-state index in [9.17, 15) is 4.79 Å². The van der Waals surface area contributed by atoms with Gasteiger partial charge in [-0.05, 0) is 32.2 Å². The molecule has 5 nitrogen and oxygen atoms in total. The molecule has 0 bridgehead atoms. The van der Waals surface area contributed by atoms with Crippen LogP contribution >= 0.6 is 24.8 Å². The van der Waals surface area contributed by atoms with Crippen LogP contribution in [0, 0.1) is 11.3 Å². The molecular formula is C18H35Cl2N3O2. The standard InChI is InChI=1S/C18H33N3O2.2ClH/c22-17(16-5-4-8-19-13-16)20-14-18(6-2-1-3-7-18)15-21-9-11-23-12-10-21;;/h16,19H,1-15H2,(H,20,22);2*1H. The van der Waals surface area contributed by atoms with Crippen LogP contribution in [0.2, 0.25) is 0 Å². The number of carbonyl (C=O) groups is 1. The van der Waals surface area contributed by atoms with Crippen molar-refractivity contribution in [2.45, 2.75) is 44.9 Å². The molecule has 1 atom stereocenters. The van der Waals surface area contributed by atoms with Gasteiger partial charge in [0.2, 0.25) is 5.91 Å². The van der Waals surface area contributed by atoms with Gasteiger partial charge in [0.25, 0.3) is 0 Å². The lowest BCUT2D eigenvalue weighted by Gasteiger charge is -2.42. The van der Waals surface area contributed by atoms with Crippen molar-refractivity contribution < 1.29 is 9.53 Å². The Balaban J connectivity index is 0.00000156. The van der Waals surface area contributed by atoms with Crippen LogP contribution in [0.25, 0.3) is 0 Å². The van der Waals surface area contributed by atoms with Crippen LogP contribution in [0.15, 0.2) is 0 Å². The van der Waals surface area contributed by atoms with E-state index in [1.807, 2.05) is 0 Å². The second kappa shape index (κ2) is 11.6. The Morgan fingerprint density at radius 1 is 1.12 bits per heavy atom. The average molecular weight is 396 g/mol. The predicted molar refractivity (Wildman–Crippen MR) is 106 cm³/mol. The molecule has 25 heavy (non-hydrogen) atoms. The molecule has 0 aromatic heterocycles. The molecular weight excluding hydrogens is 361 g/mol. The van der Waals surface area contributed by atoms with E-state index in [0.29, 0.717) is 0 Å².